The van der Waals surface area contributed by atoms with E-state index in [9.17, 15) is 69.5 Å². The largest absolute Gasteiger partial charge is 1.00 e. The molecule has 0 fully saturated rings. The molecule has 14 aromatic rings. The molecule has 4 amide bonds. The number of aromatic nitrogens is 2. The van der Waals surface area contributed by atoms with Crippen LogP contribution in [-0.2, 0) is 34.1 Å². The maximum Gasteiger partial charge on any atom is 1.00 e. The topological polar surface area (TPSA) is 142 Å². The van der Waals surface area contributed by atoms with Gasteiger partial charge in [0.2, 0.25) is 0 Å². The number of rotatable bonds is 20. The molecular weight excluding hydrogens is 2220 g/mol. The average Bonchev–Trinajstić information content (AvgIpc) is 0.783. The Morgan fingerprint density at radius 3 is 0.440 bits per heavy atom. The van der Waals surface area contributed by atoms with Crippen LogP contribution in [0.25, 0.3) is 0 Å². The van der Waals surface area contributed by atoms with Crippen molar-refractivity contribution in [3.05, 3.63) is 399 Å². The van der Waals surface area contributed by atoms with Crippen molar-refractivity contribution in [2.24, 2.45) is 0 Å². The van der Waals surface area contributed by atoms with Gasteiger partial charge in [0.15, 0.2) is 0 Å². The Morgan fingerprint density at radius 2 is 0.313 bits per heavy atom. The van der Waals surface area contributed by atoms with Crippen LogP contribution in [0, 0.1) is 0 Å². The number of alkyl halides is 12. The second-order valence-corrected chi connectivity index (χ2v) is 44.2. The van der Waals surface area contributed by atoms with Crippen molar-refractivity contribution < 1.29 is 104 Å². The fourth-order valence-electron chi connectivity index (χ4n) is 12.1. The number of halogens is 24. The van der Waals surface area contributed by atoms with Crippen LogP contribution in [0.1, 0.15) is 42.0 Å². The summed E-state index contributed by atoms with van der Waals surface area (Å²) < 4.78 is 118. The van der Waals surface area contributed by atoms with Crippen molar-refractivity contribution in [1.82, 2.24) is 9.97 Å². The normalized spacial score (nSPS) is 11.4. The van der Waals surface area contributed by atoms with Gasteiger partial charge < -0.3 is 21.3 Å². The van der Waals surface area contributed by atoms with Crippen molar-refractivity contribution in [3.63, 3.8) is 0 Å². The van der Waals surface area contributed by atoms with Crippen LogP contribution >= 0.6 is 187 Å². The molecule has 0 unspecified atom stereocenters. The number of anilines is 4. The number of hydrogen-bond donors (Lipinski definition) is 4. The van der Waals surface area contributed by atoms with Gasteiger partial charge in [0.05, 0.1) is 54.8 Å². The van der Waals surface area contributed by atoms with Gasteiger partial charge >= 0.3 is 100 Å². The molecule has 0 atom stereocenters. The summed E-state index contributed by atoms with van der Waals surface area (Å²) in [5.74, 6) is -1.52. The third-order valence-electron chi connectivity index (χ3n) is 16.7. The van der Waals surface area contributed by atoms with Crippen LogP contribution in [0.5, 0.6) is 0 Å². The number of hydrogen-bond acceptors (Lipinski definition) is 6. The molecule has 2 aromatic heterocycles. The van der Waals surface area contributed by atoms with Crippen molar-refractivity contribution in [2.75, 3.05) is 53.3 Å². The first-order valence-electron chi connectivity index (χ1n) is 38.0. The molecule has 42 heteroatoms. The maximum absolute atomic E-state index is 13.8. The Kier molecular flexibility index (Phi) is 54.4. The van der Waals surface area contributed by atoms with Crippen LogP contribution in [0.3, 0.4) is 0 Å². The summed E-state index contributed by atoms with van der Waals surface area (Å²) in [5.41, 5.74) is 3.53. The summed E-state index contributed by atoms with van der Waals surface area (Å²) in [7, 11) is -27.1. The van der Waals surface area contributed by atoms with Gasteiger partial charge in [0, 0.05) is 0 Å². The molecule has 0 aliphatic heterocycles. The molecule has 0 aliphatic carbocycles. The number of amides is 4. The van der Waals surface area contributed by atoms with Crippen LogP contribution < -0.4 is 84.9 Å². The molecule has 12 aromatic carbocycles. The smallest absolute Gasteiger partial charge is 0.317 e. The number of nitrogens with one attached hydrogen (secondary N) is 4. The Balaban J connectivity index is 0.000000517. The minimum atomic E-state index is -10.7. The van der Waals surface area contributed by atoms with Gasteiger partial charge in [0.1, 0.15) is 118 Å². The van der Waals surface area contributed by atoms with Gasteiger partial charge in [-0.05, 0) is 170 Å². The molecule has 0 spiro atoms. The van der Waals surface area contributed by atoms with E-state index in [1.807, 2.05) is 218 Å². The van der Waals surface area contributed by atoms with Crippen molar-refractivity contribution >= 4 is 297 Å². The molecule has 10 nitrogen and oxygen atoms in total. The summed E-state index contributed by atoms with van der Waals surface area (Å²) >= 11 is 57.2. The van der Waals surface area contributed by atoms with E-state index >= 15 is 0 Å². The Hall–Kier alpha value is -6.92. The van der Waals surface area contributed by atoms with Gasteiger partial charge in [-0.2, -0.15) is 0 Å². The molecule has 2 heterocycles. The van der Waals surface area contributed by atoms with E-state index < -0.39 is 47.3 Å². The third-order valence-corrected chi connectivity index (χ3v) is 27.9. The van der Waals surface area contributed by atoms with Gasteiger partial charge in [-0.3, -0.25) is 19.2 Å². The zero-order valence-corrected chi connectivity index (χ0v) is 85.9. The molecule has 0 saturated carbocycles. The second kappa shape index (κ2) is 60.2. The Bertz CT molecular complexity index is 4970. The summed E-state index contributed by atoms with van der Waals surface area (Å²) in [6.45, 7) is 0. The number of carbonyl (C=O) groups is 4. The summed E-state index contributed by atoms with van der Waals surface area (Å²) in [4.78, 5) is 64.1. The number of para-hydroxylation sites is 4. The van der Waals surface area contributed by atoms with E-state index in [1.165, 1.54) is 42.4 Å². The Morgan fingerprint density at radius 1 is 0.201 bits per heavy atom. The minimum Gasteiger partial charge on any atom is -0.317 e. The first-order chi connectivity index (χ1) is 62.7. The van der Waals surface area contributed by atoms with Crippen molar-refractivity contribution in [3.8, 4) is 0 Å². The van der Waals surface area contributed by atoms with Gasteiger partial charge in [-0.15, -0.1) is 139 Å². The third kappa shape index (κ3) is 47.6. The first kappa shape index (κ1) is 121. The van der Waals surface area contributed by atoms with Gasteiger partial charge in [-0.25, -0.2) is 9.97 Å². The fourth-order valence-corrected chi connectivity index (χ4v) is 22.9. The molecule has 4 N–H and O–H groups in total. The maximum atomic E-state index is 13.8. The number of carbonyl (C=O) groups excluding carboxylic acids is 4. The predicted octanol–water partition coefficient (Wildman–Crippen LogP) is 28.4. The summed E-state index contributed by atoms with van der Waals surface area (Å²) in [5, 5.41) is 27.6. The zero-order valence-electron chi connectivity index (χ0n) is 69.1. The molecule has 0 aliphatic rings. The fraction of sp³-hybridized carbons (Fsp3) is 0.0652. The van der Waals surface area contributed by atoms with Crippen LogP contribution in [0.2, 0.25) is 0 Å². The van der Waals surface area contributed by atoms with Crippen LogP contribution in [0.15, 0.2) is 376 Å². The van der Waals surface area contributed by atoms with E-state index in [4.69, 9.17) is 139 Å². The average molecular weight is 2300 g/mol. The van der Waals surface area contributed by atoms with E-state index in [2.05, 4.69) is 153 Å². The van der Waals surface area contributed by atoms with Crippen LogP contribution in [0.4, 0.5) is 73.1 Å². The predicted molar refractivity (Wildman–Crippen MR) is 553 cm³/mol. The van der Waals surface area contributed by atoms with Crippen molar-refractivity contribution in [1.29, 1.82) is 0 Å². The van der Waals surface area contributed by atoms with E-state index in [0.717, 1.165) is 44.0 Å². The number of pyridine rings is 2. The monoisotopic (exact) mass is 2290 g/mol. The molecule has 0 bridgehead atoms. The summed E-state index contributed by atoms with van der Waals surface area (Å²) in [6, 6.07) is 125. The SMILES string of the molecule is ClCCl.ClCCl.ClCCl.ClCCl.ClCCl.ClCCl.F[P-](F)(F)(F)(F)F.F[P-](F)(F)(F)(F)F.O=C(Nc1ccccc1[PH+](c1ccccc1)c1ccccc1)c1cccc(C(=O)Nc2ccccc2[PH+](c2ccccc2)c2ccccc2)n1.O=C(Nc1ccccc1[PH+](c1ccccc1)c1ccccc1)c1cccc(C(=O)Nc2ccccc2[PH+](c2ccccc2)c2ccccc2)n1.[Cu+].[Cu+]. The van der Waals surface area contributed by atoms with Gasteiger partial charge in [0.25, 0.3) is 23.6 Å². The first-order valence-corrected chi connectivity index (χ1v) is 54.5. The standard InChI is InChI=1S/2C43H33N3O2P2.6CH2Cl2.2Cu.2F6P/c2*47-42(45-36-26-13-15-30-40(36)49(32-18-5-1-6-19-32)33-20-7-2-8-21-33)38-28-17-29-39(44-38)43(48)46-37-27-14-16-31-41(37)50(34-22-9-3-10-23-34)35-24-11-4-12-25-35;6*2-1-3;;;2*1-7(2,3,4,5)6/h2*1-31H,(H,45,47)(H,46,48);6*1H2;;;;/q;;;;;;;;2*+1;2*-1/p+4. The molecular formula is C92H82Cl12Cu2F12N6O4P6+4. The van der Waals surface area contributed by atoms with Crippen LogP contribution in [-0.4, -0.2) is 65.6 Å². The van der Waals surface area contributed by atoms with E-state index in [-0.39, 0.29) is 113 Å². The quantitative estimate of drug-likeness (QED) is 0.0259. The summed E-state index contributed by atoms with van der Waals surface area (Å²) in [6.07, 6.45) is 0. The molecule has 0 radical (unpaired) electrons. The number of nitrogens with zero attached hydrogens (tertiary/aromatic N) is 2. The second-order valence-electron chi connectivity index (χ2n) is 25.8. The molecule has 134 heavy (non-hydrogen) atoms. The molecule has 0 saturated heterocycles. The van der Waals surface area contributed by atoms with Crippen molar-refractivity contribution in [2.45, 2.75) is 0 Å². The van der Waals surface area contributed by atoms with Gasteiger partial charge in [-0.1, -0.05) is 206 Å². The molecule has 720 valence electrons. The van der Waals surface area contributed by atoms with E-state index in [0.29, 0.717) is 0 Å². The minimum absolute atomic E-state index is 0. The van der Waals surface area contributed by atoms with E-state index in [1.54, 1.807) is 36.4 Å². The number of benzene rings is 12. The molecule has 14 rings (SSSR count). The Labute approximate surface area is 854 Å². The zero-order chi connectivity index (χ0) is 97.3.